The molecule has 1 aliphatic rings. The third kappa shape index (κ3) is 3.21. The van der Waals surface area contributed by atoms with Crippen molar-refractivity contribution >= 4 is 5.91 Å². The normalized spacial score (nSPS) is 19.1. The average Bonchev–Trinajstić information content (AvgIpc) is 2.85. The largest absolute Gasteiger partial charge is 0.322 e. The quantitative estimate of drug-likeness (QED) is 0.864. The number of nitrogens with zero attached hydrogens (tertiary/aromatic N) is 1. The van der Waals surface area contributed by atoms with Crippen molar-refractivity contribution < 1.29 is 4.79 Å². The summed E-state index contributed by atoms with van der Waals surface area (Å²) in [6.45, 7) is 7.88. The van der Waals surface area contributed by atoms with Gasteiger partial charge in [-0.25, -0.2) is 0 Å². The number of amides is 1. The van der Waals surface area contributed by atoms with Crippen molar-refractivity contribution in [2.75, 3.05) is 13.1 Å². The Hall–Kier alpha value is -1.35. The molecule has 0 radical (unpaired) electrons. The molecule has 0 aromatic heterocycles. The lowest BCUT2D eigenvalue weighted by molar-refractivity contribution is -0.128. The van der Waals surface area contributed by atoms with Gasteiger partial charge in [0.15, 0.2) is 0 Å². The second kappa shape index (κ2) is 6.89. The highest BCUT2D eigenvalue weighted by atomic mass is 16.2. The van der Waals surface area contributed by atoms with E-state index in [2.05, 4.69) is 50.4 Å². The second-order valence-corrected chi connectivity index (χ2v) is 5.61. The van der Waals surface area contributed by atoms with Gasteiger partial charge in [-0.1, -0.05) is 57.9 Å². The van der Waals surface area contributed by atoms with Gasteiger partial charge < -0.3 is 4.90 Å². The maximum absolute atomic E-state index is 12.1. The minimum absolute atomic E-state index is 0.0500. The van der Waals surface area contributed by atoms with Crippen LogP contribution in [0.1, 0.15) is 50.9 Å². The second-order valence-electron chi connectivity index (χ2n) is 5.61. The fraction of sp³-hybridized carbons (Fsp3) is 0.588. The molecule has 0 bridgehead atoms. The van der Waals surface area contributed by atoms with E-state index in [-0.39, 0.29) is 12.1 Å². The van der Waals surface area contributed by atoms with Gasteiger partial charge in [0, 0.05) is 6.54 Å². The van der Waals surface area contributed by atoms with Crippen LogP contribution in [-0.4, -0.2) is 23.9 Å². The molecule has 0 spiro atoms. The molecule has 3 nitrogen and oxygen atoms in total. The summed E-state index contributed by atoms with van der Waals surface area (Å²) < 4.78 is 0. The van der Waals surface area contributed by atoms with Crippen LogP contribution in [0.15, 0.2) is 24.3 Å². The highest BCUT2D eigenvalue weighted by Gasteiger charge is 2.32. The molecular formula is C17H26N2O. The zero-order valence-electron chi connectivity index (χ0n) is 12.9. The average molecular weight is 274 g/mol. The first-order valence-electron chi connectivity index (χ1n) is 7.81. The number of carbonyl (C=O) groups is 1. The number of aryl methyl sites for hydroxylation is 1. The Morgan fingerprint density at radius 2 is 1.85 bits per heavy atom. The third-order valence-corrected chi connectivity index (χ3v) is 4.39. The molecule has 0 saturated carbocycles. The van der Waals surface area contributed by atoms with Gasteiger partial charge in [-0.15, -0.1) is 0 Å². The predicted molar refractivity (Wildman–Crippen MR) is 82.3 cm³/mol. The number of benzene rings is 1. The predicted octanol–water partition coefficient (Wildman–Crippen LogP) is 3.12. The van der Waals surface area contributed by atoms with Crippen LogP contribution in [0.2, 0.25) is 0 Å². The standard InChI is InChI=1S/C17H26N2O/c1-4-13(5-2)12-19-16(20)11-18-17(19)15-9-7-14(6-3)8-10-15/h7-10,13,17-18H,4-6,11-12H2,1-3H3. The molecule has 110 valence electrons. The van der Waals surface area contributed by atoms with Crippen LogP contribution < -0.4 is 5.32 Å². The summed E-state index contributed by atoms with van der Waals surface area (Å²) in [7, 11) is 0. The summed E-state index contributed by atoms with van der Waals surface area (Å²) in [5, 5.41) is 3.34. The van der Waals surface area contributed by atoms with Crippen LogP contribution in [0.5, 0.6) is 0 Å². The molecular weight excluding hydrogens is 248 g/mol. The topological polar surface area (TPSA) is 32.3 Å². The van der Waals surface area contributed by atoms with Crippen LogP contribution >= 0.6 is 0 Å². The number of hydrogen-bond donors (Lipinski definition) is 1. The van der Waals surface area contributed by atoms with Crippen LogP contribution in [0.25, 0.3) is 0 Å². The van der Waals surface area contributed by atoms with Crippen LogP contribution in [0.3, 0.4) is 0 Å². The maximum atomic E-state index is 12.1. The fourth-order valence-corrected chi connectivity index (χ4v) is 2.81. The molecule has 2 rings (SSSR count). The van der Waals surface area contributed by atoms with E-state index in [0.29, 0.717) is 12.5 Å². The minimum Gasteiger partial charge on any atom is -0.322 e. The Morgan fingerprint density at radius 1 is 1.20 bits per heavy atom. The zero-order chi connectivity index (χ0) is 14.5. The number of carbonyl (C=O) groups excluding carboxylic acids is 1. The highest BCUT2D eigenvalue weighted by molar-refractivity contribution is 5.81. The molecule has 1 aliphatic heterocycles. The van der Waals surface area contributed by atoms with E-state index in [9.17, 15) is 4.79 Å². The van der Waals surface area contributed by atoms with Gasteiger partial charge in [0.1, 0.15) is 6.17 Å². The first-order valence-corrected chi connectivity index (χ1v) is 7.81. The van der Waals surface area contributed by atoms with Gasteiger partial charge in [-0.3, -0.25) is 10.1 Å². The smallest absolute Gasteiger partial charge is 0.238 e. The van der Waals surface area contributed by atoms with Crippen LogP contribution in [0.4, 0.5) is 0 Å². The van der Waals surface area contributed by atoms with Crippen molar-refractivity contribution in [3.63, 3.8) is 0 Å². The van der Waals surface area contributed by atoms with E-state index < -0.39 is 0 Å². The summed E-state index contributed by atoms with van der Waals surface area (Å²) in [5.41, 5.74) is 2.53. The molecule has 1 atom stereocenters. The van der Waals surface area contributed by atoms with Gasteiger partial charge in [0.25, 0.3) is 0 Å². The van der Waals surface area contributed by atoms with E-state index >= 15 is 0 Å². The van der Waals surface area contributed by atoms with Crippen molar-refractivity contribution in [2.24, 2.45) is 5.92 Å². The van der Waals surface area contributed by atoms with Crippen molar-refractivity contribution in [1.82, 2.24) is 10.2 Å². The summed E-state index contributed by atoms with van der Waals surface area (Å²) in [5.74, 6) is 0.817. The molecule has 1 N–H and O–H groups in total. The van der Waals surface area contributed by atoms with E-state index in [1.807, 2.05) is 4.90 Å². The molecule has 20 heavy (non-hydrogen) atoms. The van der Waals surface area contributed by atoms with E-state index in [0.717, 1.165) is 25.8 Å². The maximum Gasteiger partial charge on any atom is 0.238 e. The van der Waals surface area contributed by atoms with Crippen molar-refractivity contribution in [3.8, 4) is 0 Å². The van der Waals surface area contributed by atoms with E-state index in [1.165, 1.54) is 11.1 Å². The molecule has 1 heterocycles. The van der Waals surface area contributed by atoms with Crippen molar-refractivity contribution in [3.05, 3.63) is 35.4 Å². The lowest BCUT2D eigenvalue weighted by Gasteiger charge is -2.28. The van der Waals surface area contributed by atoms with Gasteiger partial charge in [-0.2, -0.15) is 0 Å². The minimum atomic E-state index is 0.0500. The van der Waals surface area contributed by atoms with Crippen LogP contribution in [0, 0.1) is 5.92 Å². The van der Waals surface area contributed by atoms with Crippen molar-refractivity contribution in [1.29, 1.82) is 0 Å². The number of hydrogen-bond acceptors (Lipinski definition) is 2. The molecule has 1 aromatic carbocycles. The molecule has 1 amide bonds. The molecule has 1 fully saturated rings. The lowest BCUT2D eigenvalue weighted by Crippen LogP contribution is -2.34. The lowest BCUT2D eigenvalue weighted by atomic mass is 10.0. The summed E-state index contributed by atoms with van der Waals surface area (Å²) in [6, 6.07) is 8.62. The zero-order valence-corrected chi connectivity index (χ0v) is 12.9. The van der Waals surface area contributed by atoms with Gasteiger partial charge in [-0.05, 0) is 23.5 Å². The monoisotopic (exact) mass is 274 g/mol. The third-order valence-electron chi connectivity index (χ3n) is 4.39. The Kier molecular flexibility index (Phi) is 5.18. The highest BCUT2D eigenvalue weighted by Crippen LogP contribution is 2.25. The molecule has 1 saturated heterocycles. The molecule has 1 unspecified atom stereocenters. The Balaban J connectivity index is 2.13. The Bertz CT molecular complexity index is 437. The van der Waals surface area contributed by atoms with E-state index in [1.54, 1.807) is 0 Å². The summed E-state index contributed by atoms with van der Waals surface area (Å²) >= 11 is 0. The van der Waals surface area contributed by atoms with Crippen molar-refractivity contribution in [2.45, 2.75) is 46.2 Å². The number of rotatable bonds is 6. The molecule has 0 aliphatic carbocycles. The summed E-state index contributed by atoms with van der Waals surface area (Å²) in [4.78, 5) is 14.1. The number of nitrogens with one attached hydrogen (secondary N) is 1. The van der Waals surface area contributed by atoms with Gasteiger partial charge in [0.2, 0.25) is 5.91 Å². The first kappa shape index (κ1) is 15.0. The molecule has 1 aromatic rings. The summed E-state index contributed by atoms with van der Waals surface area (Å²) in [6.07, 6.45) is 3.35. The Labute approximate surface area is 122 Å². The SMILES string of the molecule is CCc1ccc(C2NCC(=O)N2CC(CC)CC)cc1. The fourth-order valence-electron chi connectivity index (χ4n) is 2.81. The Morgan fingerprint density at radius 3 is 2.40 bits per heavy atom. The van der Waals surface area contributed by atoms with Gasteiger partial charge >= 0.3 is 0 Å². The molecule has 3 heteroatoms. The first-order chi connectivity index (χ1) is 9.69. The van der Waals surface area contributed by atoms with E-state index in [4.69, 9.17) is 0 Å². The van der Waals surface area contributed by atoms with Gasteiger partial charge in [0.05, 0.1) is 6.54 Å². The van der Waals surface area contributed by atoms with Crippen LogP contribution in [-0.2, 0) is 11.2 Å².